The molecule has 2 N–H and O–H groups in total. The van der Waals surface area contributed by atoms with Crippen LogP contribution >= 0.6 is 11.6 Å². The summed E-state index contributed by atoms with van der Waals surface area (Å²) in [6.07, 6.45) is 0.843. The molecule has 0 radical (unpaired) electrons. The standard InChI is InChI=1S/C18H21ClN2O4S/c1-2-12-25-17-9-4-3-8-16(17)21-18(22)10-11-20-26(23,24)15-7-5-6-14(19)13-15/h3-9,13,20H,2,10-12H2,1H3,(H,21,22). The number of carbonyl (C=O) groups is 1. The molecule has 26 heavy (non-hydrogen) atoms. The molecule has 1 amide bonds. The minimum atomic E-state index is -3.71. The SMILES string of the molecule is CCCOc1ccccc1NC(=O)CCNS(=O)(=O)c1cccc(Cl)c1. The molecular formula is C18H21ClN2O4S. The molecular weight excluding hydrogens is 376 g/mol. The van der Waals surface area contributed by atoms with Crippen LogP contribution in [0.3, 0.4) is 0 Å². The Morgan fingerprint density at radius 1 is 1.15 bits per heavy atom. The van der Waals surface area contributed by atoms with Crippen molar-refractivity contribution >= 4 is 33.2 Å². The van der Waals surface area contributed by atoms with E-state index < -0.39 is 10.0 Å². The van der Waals surface area contributed by atoms with Gasteiger partial charge in [-0.2, -0.15) is 0 Å². The van der Waals surface area contributed by atoms with Crippen molar-refractivity contribution in [3.63, 3.8) is 0 Å². The van der Waals surface area contributed by atoms with Gasteiger partial charge in [-0.15, -0.1) is 0 Å². The second kappa shape index (κ2) is 9.56. The van der Waals surface area contributed by atoms with Gasteiger partial charge in [0.25, 0.3) is 0 Å². The van der Waals surface area contributed by atoms with Crippen LogP contribution in [0.1, 0.15) is 19.8 Å². The van der Waals surface area contributed by atoms with E-state index >= 15 is 0 Å². The fourth-order valence-corrected chi connectivity index (χ4v) is 3.47. The first kappa shape index (κ1) is 20.2. The molecule has 0 aromatic heterocycles. The van der Waals surface area contributed by atoms with Crippen molar-refractivity contribution in [2.75, 3.05) is 18.5 Å². The van der Waals surface area contributed by atoms with Gasteiger partial charge in [0, 0.05) is 18.0 Å². The van der Waals surface area contributed by atoms with E-state index in [1.165, 1.54) is 12.1 Å². The van der Waals surface area contributed by atoms with Gasteiger partial charge in [-0.1, -0.05) is 36.7 Å². The van der Waals surface area contributed by atoms with E-state index in [-0.39, 0.29) is 23.8 Å². The monoisotopic (exact) mass is 396 g/mol. The predicted octanol–water partition coefficient (Wildman–Crippen LogP) is 3.44. The maximum atomic E-state index is 12.2. The summed E-state index contributed by atoms with van der Waals surface area (Å²) in [5.74, 6) is 0.272. The maximum Gasteiger partial charge on any atom is 0.240 e. The predicted molar refractivity (Wildman–Crippen MR) is 102 cm³/mol. The number of halogens is 1. The Bertz CT molecular complexity index is 856. The lowest BCUT2D eigenvalue weighted by molar-refractivity contribution is -0.116. The van der Waals surface area contributed by atoms with Crippen molar-refractivity contribution in [3.8, 4) is 5.75 Å². The minimum Gasteiger partial charge on any atom is -0.491 e. The summed E-state index contributed by atoms with van der Waals surface area (Å²) < 4.78 is 32.3. The van der Waals surface area contributed by atoms with Crippen LogP contribution in [-0.2, 0) is 14.8 Å². The first-order valence-corrected chi connectivity index (χ1v) is 10.1. The lowest BCUT2D eigenvalue weighted by Gasteiger charge is -2.12. The molecule has 0 saturated heterocycles. The molecule has 2 rings (SSSR count). The van der Waals surface area contributed by atoms with Crippen LogP contribution in [0.4, 0.5) is 5.69 Å². The van der Waals surface area contributed by atoms with Gasteiger partial charge in [0.15, 0.2) is 0 Å². The fraction of sp³-hybridized carbons (Fsp3) is 0.278. The van der Waals surface area contributed by atoms with Crippen molar-refractivity contribution in [3.05, 3.63) is 53.6 Å². The van der Waals surface area contributed by atoms with Crippen molar-refractivity contribution in [1.29, 1.82) is 0 Å². The van der Waals surface area contributed by atoms with Gasteiger partial charge in [-0.05, 0) is 36.8 Å². The second-order valence-corrected chi connectivity index (χ2v) is 7.70. The third-order valence-electron chi connectivity index (χ3n) is 3.37. The fourth-order valence-electron chi connectivity index (χ4n) is 2.14. The first-order valence-electron chi connectivity index (χ1n) is 8.19. The van der Waals surface area contributed by atoms with Crippen molar-refractivity contribution in [2.45, 2.75) is 24.7 Å². The highest BCUT2D eigenvalue weighted by atomic mass is 35.5. The van der Waals surface area contributed by atoms with Crippen LogP contribution in [0, 0.1) is 0 Å². The molecule has 0 aliphatic heterocycles. The maximum absolute atomic E-state index is 12.2. The summed E-state index contributed by atoms with van der Waals surface area (Å²) in [7, 11) is -3.71. The van der Waals surface area contributed by atoms with E-state index in [4.69, 9.17) is 16.3 Å². The number of hydrogen-bond acceptors (Lipinski definition) is 4. The Morgan fingerprint density at radius 2 is 1.92 bits per heavy atom. The summed E-state index contributed by atoms with van der Waals surface area (Å²) in [4.78, 5) is 12.2. The Morgan fingerprint density at radius 3 is 2.65 bits per heavy atom. The molecule has 0 heterocycles. The number of anilines is 1. The summed E-state index contributed by atoms with van der Waals surface area (Å²) in [5.41, 5.74) is 0.559. The van der Waals surface area contributed by atoms with Gasteiger partial charge in [-0.3, -0.25) is 4.79 Å². The van der Waals surface area contributed by atoms with E-state index in [0.717, 1.165) is 6.42 Å². The summed E-state index contributed by atoms with van der Waals surface area (Å²) >= 11 is 5.81. The molecule has 6 nitrogen and oxygen atoms in total. The molecule has 0 saturated carbocycles. The summed E-state index contributed by atoms with van der Waals surface area (Å²) in [5, 5.41) is 3.06. The Labute approximate surface area is 158 Å². The van der Waals surface area contributed by atoms with Gasteiger partial charge in [0.2, 0.25) is 15.9 Å². The molecule has 2 aromatic carbocycles. The van der Waals surface area contributed by atoms with Crippen molar-refractivity contribution in [1.82, 2.24) is 4.72 Å². The number of nitrogens with one attached hydrogen (secondary N) is 2. The number of rotatable bonds is 9. The molecule has 0 aliphatic carbocycles. The van der Waals surface area contributed by atoms with Crippen LogP contribution in [0.25, 0.3) is 0 Å². The smallest absolute Gasteiger partial charge is 0.240 e. The quantitative estimate of drug-likeness (QED) is 0.680. The van der Waals surface area contributed by atoms with E-state index in [1.54, 1.807) is 30.3 Å². The van der Waals surface area contributed by atoms with E-state index in [2.05, 4.69) is 10.0 Å². The average molecular weight is 397 g/mol. The van der Waals surface area contributed by atoms with E-state index in [1.807, 2.05) is 13.0 Å². The number of sulfonamides is 1. The number of hydrogen-bond donors (Lipinski definition) is 2. The van der Waals surface area contributed by atoms with Crippen molar-refractivity contribution < 1.29 is 17.9 Å². The highest BCUT2D eigenvalue weighted by Crippen LogP contribution is 2.24. The zero-order chi connectivity index (χ0) is 19.0. The average Bonchev–Trinajstić information content (AvgIpc) is 2.61. The zero-order valence-corrected chi connectivity index (χ0v) is 15.9. The lowest BCUT2D eigenvalue weighted by Crippen LogP contribution is -2.28. The van der Waals surface area contributed by atoms with Gasteiger partial charge >= 0.3 is 0 Å². The molecule has 0 atom stereocenters. The number of para-hydroxylation sites is 2. The molecule has 2 aromatic rings. The third-order valence-corrected chi connectivity index (χ3v) is 5.07. The van der Waals surface area contributed by atoms with Gasteiger partial charge < -0.3 is 10.1 Å². The number of carbonyl (C=O) groups excluding carboxylic acids is 1. The van der Waals surface area contributed by atoms with Crippen LogP contribution < -0.4 is 14.8 Å². The van der Waals surface area contributed by atoms with Crippen LogP contribution in [0.2, 0.25) is 5.02 Å². The van der Waals surface area contributed by atoms with E-state index in [9.17, 15) is 13.2 Å². The molecule has 140 valence electrons. The summed E-state index contributed by atoms with van der Waals surface area (Å²) in [6, 6.07) is 13.0. The number of amides is 1. The molecule has 0 bridgehead atoms. The van der Waals surface area contributed by atoms with Crippen LogP contribution in [-0.4, -0.2) is 27.5 Å². The minimum absolute atomic E-state index is 0.0120. The second-order valence-electron chi connectivity index (χ2n) is 5.50. The highest BCUT2D eigenvalue weighted by molar-refractivity contribution is 7.89. The van der Waals surface area contributed by atoms with Gasteiger partial charge in [0.05, 0.1) is 17.2 Å². The Hall–Kier alpha value is -2.09. The normalized spacial score (nSPS) is 11.2. The zero-order valence-electron chi connectivity index (χ0n) is 14.4. The molecule has 8 heteroatoms. The largest absolute Gasteiger partial charge is 0.491 e. The van der Waals surface area contributed by atoms with Gasteiger partial charge in [0.1, 0.15) is 5.75 Å². The first-order chi connectivity index (χ1) is 12.4. The summed E-state index contributed by atoms with van der Waals surface area (Å²) in [6.45, 7) is 2.51. The third kappa shape index (κ3) is 6.01. The molecule has 0 fully saturated rings. The number of ether oxygens (including phenoxy) is 1. The van der Waals surface area contributed by atoms with Crippen molar-refractivity contribution in [2.24, 2.45) is 0 Å². The topological polar surface area (TPSA) is 84.5 Å². The highest BCUT2D eigenvalue weighted by Gasteiger charge is 2.15. The molecule has 0 unspecified atom stereocenters. The van der Waals surface area contributed by atoms with Crippen LogP contribution in [0.15, 0.2) is 53.4 Å². The Kier molecular flexibility index (Phi) is 7.44. The van der Waals surface area contributed by atoms with Crippen LogP contribution in [0.5, 0.6) is 5.75 Å². The Balaban J connectivity index is 1.89. The van der Waals surface area contributed by atoms with E-state index in [0.29, 0.717) is 23.1 Å². The lowest BCUT2D eigenvalue weighted by atomic mass is 10.2. The van der Waals surface area contributed by atoms with Gasteiger partial charge in [-0.25, -0.2) is 13.1 Å². The molecule has 0 spiro atoms. The molecule has 0 aliphatic rings. The number of benzene rings is 2.